The van der Waals surface area contributed by atoms with Gasteiger partial charge in [0.05, 0.1) is 12.0 Å². The smallest absolute Gasteiger partial charge is 0.241 e. The molecule has 0 aliphatic carbocycles. The van der Waals surface area contributed by atoms with E-state index in [-0.39, 0.29) is 23.7 Å². The Morgan fingerprint density at radius 1 is 1.41 bits per heavy atom. The normalized spacial score (nSPS) is 28.8. The molecule has 90 valence electrons. The van der Waals surface area contributed by atoms with Crippen molar-refractivity contribution in [1.82, 2.24) is 10.0 Å². The lowest BCUT2D eigenvalue weighted by molar-refractivity contribution is -0.139. The topological polar surface area (TPSA) is 23.6 Å². The lowest BCUT2D eigenvalue weighted by atomic mass is 10.0. The first-order chi connectivity index (χ1) is 8.16. The van der Waals surface area contributed by atoms with Crippen molar-refractivity contribution in [1.29, 1.82) is 0 Å². The molecule has 2 saturated heterocycles. The van der Waals surface area contributed by atoms with Gasteiger partial charge < -0.3 is 0 Å². The Kier molecular flexibility index (Phi) is 2.40. The molecule has 4 heteroatoms. The third-order valence-corrected chi connectivity index (χ3v) is 3.63. The number of rotatable bonds is 1. The van der Waals surface area contributed by atoms with E-state index >= 15 is 0 Å². The van der Waals surface area contributed by atoms with Crippen molar-refractivity contribution in [2.75, 3.05) is 13.1 Å². The first-order valence-corrected chi connectivity index (χ1v) is 6.00. The van der Waals surface area contributed by atoms with Gasteiger partial charge in [-0.15, -0.1) is 0 Å². The van der Waals surface area contributed by atoms with Crippen LogP contribution in [0.2, 0.25) is 0 Å². The predicted molar refractivity (Wildman–Crippen MR) is 61.3 cm³/mol. The summed E-state index contributed by atoms with van der Waals surface area (Å²) in [4.78, 5) is 12.0. The second-order valence-corrected chi connectivity index (χ2v) is 4.86. The average Bonchev–Trinajstić information content (AvgIpc) is 2.81. The van der Waals surface area contributed by atoms with Crippen molar-refractivity contribution in [3.63, 3.8) is 0 Å². The van der Waals surface area contributed by atoms with Crippen LogP contribution >= 0.6 is 0 Å². The number of nitrogens with zero attached hydrogens (tertiary/aromatic N) is 2. The average molecular weight is 234 g/mol. The Hall–Kier alpha value is -1.42. The molecule has 3 nitrogen and oxygen atoms in total. The fraction of sp³-hybridized carbons (Fsp3) is 0.462. The fourth-order valence-electron chi connectivity index (χ4n) is 2.81. The van der Waals surface area contributed by atoms with E-state index in [0.29, 0.717) is 0 Å². The first kappa shape index (κ1) is 10.7. The van der Waals surface area contributed by atoms with Gasteiger partial charge in [0.15, 0.2) is 0 Å². The van der Waals surface area contributed by atoms with Crippen LogP contribution in [-0.4, -0.2) is 29.0 Å². The number of hydrogen-bond acceptors (Lipinski definition) is 2. The van der Waals surface area contributed by atoms with Crippen molar-refractivity contribution < 1.29 is 9.18 Å². The fourth-order valence-corrected chi connectivity index (χ4v) is 2.81. The zero-order valence-corrected chi connectivity index (χ0v) is 9.77. The van der Waals surface area contributed by atoms with Crippen LogP contribution < -0.4 is 0 Å². The Labute approximate surface area is 99.8 Å². The standard InChI is InChI=1S/C13H15FN2O/c1-9-8-15-6-5-12(16(15)13(9)17)10-3-2-4-11(14)7-10/h2-4,7,9,12H,5-6,8H2,1H3. The summed E-state index contributed by atoms with van der Waals surface area (Å²) in [6.45, 7) is 3.63. The number of fused-ring (bicyclic) bond motifs is 1. The summed E-state index contributed by atoms with van der Waals surface area (Å²) in [5, 5.41) is 3.90. The summed E-state index contributed by atoms with van der Waals surface area (Å²) in [6, 6.07) is 6.59. The molecule has 3 rings (SSSR count). The van der Waals surface area contributed by atoms with E-state index in [2.05, 4.69) is 5.01 Å². The SMILES string of the molecule is CC1CN2CCC(c3cccc(F)c3)N2C1=O. The summed E-state index contributed by atoms with van der Waals surface area (Å²) in [7, 11) is 0. The van der Waals surface area contributed by atoms with Gasteiger partial charge in [-0.05, 0) is 24.1 Å². The van der Waals surface area contributed by atoms with E-state index in [0.717, 1.165) is 25.1 Å². The van der Waals surface area contributed by atoms with Crippen LogP contribution in [0.3, 0.4) is 0 Å². The molecule has 0 radical (unpaired) electrons. The third-order valence-electron chi connectivity index (χ3n) is 3.63. The molecule has 17 heavy (non-hydrogen) atoms. The zero-order chi connectivity index (χ0) is 12.0. The molecule has 0 N–H and O–H groups in total. The Morgan fingerprint density at radius 2 is 2.24 bits per heavy atom. The lowest BCUT2D eigenvalue weighted by Crippen LogP contribution is -2.34. The highest BCUT2D eigenvalue weighted by atomic mass is 19.1. The molecule has 0 bridgehead atoms. The second kappa shape index (κ2) is 3.81. The molecule has 2 aliphatic rings. The summed E-state index contributed by atoms with van der Waals surface area (Å²) < 4.78 is 13.2. The van der Waals surface area contributed by atoms with Gasteiger partial charge in [-0.1, -0.05) is 19.1 Å². The predicted octanol–water partition coefficient (Wildman–Crippen LogP) is 1.97. The number of amides is 1. The van der Waals surface area contributed by atoms with Crippen LogP contribution in [0.15, 0.2) is 24.3 Å². The van der Waals surface area contributed by atoms with Gasteiger partial charge in [-0.3, -0.25) is 9.80 Å². The molecule has 1 aromatic carbocycles. The quantitative estimate of drug-likeness (QED) is 0.741. The number of halogens is 1. The Morgan fingerprint density at radius 3 is 3.00 bits per heavy atom. The highest BCUT2D eigenvalue weighted by molar-refractivity contribution is 5.80. The van der Waals surface area contributed by atoms with Gasteiger partial charge in [-0.2, -0.15) is 0 Å². The van der Waals surface area contributed by atoms with Crippen LogP contribution in [0, 0.1) is 11.7 Å². The van der Waals surface area contributed by atoms with Crippen LogP contribution in [0.5, 0.6) is 0 Å². The van der Waals surface area contributed by atoms with E-state index in [4.69, 9.17) is 0 Å². The van der Waals surface area contributed by atoms with Crippen molar-refractivity contribution in [3.8, 4) is 0 Å². The van der Waals surface area contributed by atoms with Gasteiger partial charge in [-0.25, -0.2) is 9.40 Å². The second-order valence-electron chi connectivity index (χ2n) is 4.86. The minimum absolute atomic E-state index is 0.0168. The molecule has 2 heterocycles. The molecule has 0 saturated carbocycles. The van der Waals surface area contributed by atoms with Gasteiger partial charge in [0.2, 0.25) is 5.91 Å². The van der Waals surface area contributed by atoms with E-state index in [1.165, 1.54) is 12.1 Å². The monoisotopic (exact) mass is 234 g/mol. The lowest BCUT2D eigenvalue weighted by Gasteiger charge is -2.25. The van der Waals surface area contributed by atoms with Crippen LogP contribution in [0.25, 0.3) is 0 Å². The Bertz CT molecular complexity index is 462. The van der Waals surface area contributed by atoms with Gasteiger partial charge in [0, 0.05) is 13.1 Å². The van der Waals surface area contributed by atoms with E-state index in [9.17, 15) is 9.18 Å². The number of hydrogen-bond donors (Lipinski definition) is 0. The van der Waals surface area contributed by atoms with Gasteiger partial charge in [0.1, 0.15) is 5.82 Å². The van der Waals surface area contributed by atoms with Gasteiger partial charge in [0.25, 0.3) is 0 Å². The molecule has 2 aliphatic heterocycles. The maximum absolute atomic E-state index is 13.2. The molecular formula is C13H15FN2O. The van der Waals surface area contributed by atoms with Crippen LogP contribution in [0.4, 0.5) is 4.39 Å². The first-order valence-electron chi connectivity index (χ1n) is 6.00. The molecule has 1 aromatic rings. The molecule has 1 amide bonds. The maximum Gasteiger partial charge on any atom is 0.241 e. The number of carbonyl (C=O) groups excluding carboxylic acids is 1. The van der Waals surface area contributed by atoms with Crippen molar-refractivity contribution >= 4 is 5.91 Å². The molecule has 0 aromatic heterocycles. The van der Waals surface area contributed by atoms with Crippen molar-refractivity contribution in [2.45, 2.75) is 19.4 Å². The highest BCUT2D eigenvalue weighted by Gasteiger charge is 2.44. The summed E-state index contributed by atoms with van der Waals surface area (Å²) in [5.41, 5.74) is 0.898. The number of benzene rings is 1. The van der Waals surface area contributed by atoms with Gasteiger partial charge >= 0.3 is 0 Å². The van der Waals surface area contributed by atoms with Crippen LogP contribution in [-0.2, 0) is 4.79 Å². The van der Waals surface area contributed by atoms with Crippen molar-refractivity contribution in [2.24, 2.45) is 5.92 Å². The molecule has 2 unspecified atom stereocenters. The Balaban J connectivity index is 1.92. The highest BCUT2D eigenvalue weighted by Crippen LogP contribution is 2.37. The van der Waals surface area contributed by atoms with E-state index in [1.807, 2.05) is 18.0 Å². The van der Waals surface area contributed by atoms with Crippen molar-refractivity contribution in [3.05, 3.63) is 35.6 Å². The van der Waals surface area contributed by atoms with E-state index in [1.54, 1.807) is 6.07 Å². The van der Waals surface area contributed by atoms with Crippen LogP contribution in [0.1, 0.15) is 24.9 Å². The summed E-state index contributed by atoms with van der Waals surface area (Å²) >= 11 is 0. The largest absolute Gasteiger partial charge is 0.273 e. The summed E-state index contributed by atoms with van der Waals surface area (Å²) in [6.07, 6.45) is 0.891. The minimum Gasteiger partial charge on any atom is -0.273 e. The van der Waals surface area contributed by atoms with E-state index < -0.39 is 0 Å². The third kappa shape index (κ3) is 1.63. The number of carbonyl (C=O) groups is 1. The molecule has 2 fully saturated rings. The molecular weight excluding hydrogens is 219 g/mol. The minimum atomic E-state index is -0.236. The number of hydrazine groups is 1. The zero-order valence-electron chi connectivity index (χ0n) is 9.77. The summed E-state index contributed by atoms with van der Waals surface area (Å²) in [5.74, 6) is -0.0104. The maximum atomic E-state index is 13.2. The molecule has 0 spiro atoms. The molecule has 2 atom stereocenters.